The molecule has 7 amide bonds. The maximum Gasteiger partial charge on any atom is 0.246 e. The van der Waals surface area contributed by atoms with Crippen molar-refractivity contribution in [2.75, 3.05) is 32.5 Å². The van der Waals surface area contributed by atoms with E-state index in [-0.39, 0.29) is 80.0 Å². The van der Waals surface area contributed by atoms with Gasteiger partial charge in [0.05, 0.1) is 30.7 Å². The monoisotopic (exact) mass is 1020 g/mol. The third kappa shape index (κ3) is 12.9. The fourth-order valence-electron chi connectivity index (χ4n) is 10.8. The van der Waals surface area contributed by atoms with Gasteiger partial charge in [0.1, 0.15) is 24.2 Å². The van der Waals surface area contributed by atoms with Crippen molar-refractivity contribution in [3.63, 3.8) is 0 Å². The fraction of sp³-hybridized carbons (Fsp3) is 0.561. The summed E-state index contributed by atoms with van der Waals surface area (Å²) in [7, 11) is 3.35. The van der Waals surface area contributed by atoms with Gasteiger partial charge in [-0.1, -0.05) is 96.1 Å². The smallest absolute Gasteiger partial charge is 0.246 e. The summed E-state index contributed by atoms with van der Waals surface area (Å²) in [5, 5.41) is 24.6. The van der Waals surface area contributed by atoms with Crippen LogP contribution in [0.2, 0.25) is 0 Å². The standard InChI is InChI=1S/C57H80N10O7/c1-33(58-9)50(69)64-48(56(3,4)5)54(73)66-31-38-27-39(26-25-37(38)28-45(66)52(71)62-43-23-15-19-35-17-11-13-21-41(35)43)60-30-47(68)61-40-29-46(53(72)63-44-24-16-20-36-18-12-14-22-42(36)44)67(32-40)55(74)49(57(6,7)8)65-51(70)34(2)59-10/h11-14,17-18,21-22,25-27,33-34,40,43-46,48-49,58-60H,15-16,19-20,23-24,28-32H2,1-10H3,(H,61,68)(H,62,71)(H,63,72)(H,64,69)(H,65,70)/t33-,34-,40-,43?,44?,45-,46-,48+,49+/m0/s1. The van der Waals surface area contributed by atoms with Gasteiger partial charge >= 0.3 is 0 Å². The molecular formula is C57H80N10O7. The van der Waals surface area contributed by atoms with Crippen LogP contribution in [0.3, 0.4) is 0 Å². The molecule has 2 aliphatic heterocycles. The highest BCUT2D eigenvalue weighted by Gasteiger charge is 2.47. The Hall–Kier alpha value is -6.33. The topological polar surface area (TPSA) is 222 Å². The Bertz CT molecular complexity index is 2570. The van der Waals surface area contributed by atoms with E-state index < -0.39 is 59.0 Å². The van der Waals surface area contributed by atoms with Crippen molar-refractivity contribution in [3.05, 3.63) is 100 Å². The minimum absolute atomic E-state index is 0.0581. The number of hydrogen-bond donors (Lipinski definition) is 8. The number of anilines is 1. The number of likely N-dealkylation sites (N-methyl/N-ethyl adjacent to an activating group) is 2. The van der Waals surface area contributed by atoms with Crippen LogP contribution in [0.15, 0.2) is 66.7 Å². The van der Waals surface area contributed by atoms with Crippen molar-refractivity contribution in [2.24, 2.45) is 10.8 Å². The quantitative estimate of drug-likeness (QED) is 0.103. The van der Waals surface area contributed by atoms with Crippen LogP contribution < -0.4 is 42.5 Å². The minimum Gasteiger partial charge on any atom is -0.376 e. The first-order chi connectivity index (χ1) is 35.1. The average Bonchev–Trinajstić information content (AvgIpc) is 3.80. The largest absolute Gasteiger partial charge is 0.376 e. The molecule has 0 saturated carbocycles. The van der Waals surface area contributed by atoms with E-state index in [1.165, 1.54) is 16.0 Å². The van der Waals surface area contributed by atoms with Crippen LogP contribution in [0.4, 0.5) is 5.69 Å². The highest BCUT2D eigenvalue weighted by molar-refractivity contribution is 5.95. The van der Waals surface area contributed by atoms with Gasteiger partial charge in [-0.2, -0.15) is 0 Å². The van der Waals surface area contributed by atoms with E-state index in [0.717, 1.165) is 60.8 Å². The molecule has 9 atom stereocenters. The van der Waals surface area contributed by atoms with Crippen molar-refractivity contribution in [2.45, 2.75) is 168 Å². The van der Waals surface area contributed by atoms with E-state index in [4.69, 9.17) is 0 Å². The third-order valence-corrected chi connectivity index (χ3v) is 15.5. The SMILES string of the molecule is CN[C@@H](C)C(=O)N[C@H](C(=O)N1Cc2cc(NCC(=O)N[C@H]3C[C@@H](C(=O)NC4CCCc5ccccc54)N(C(=O)[C@@H](NC(=O)[C@H](C)NC)C(C)(C)C)C3)ccc2C[C@H]1C(=O)NC1CCCc2ccccc21)C(C)(C)C. The van der Waals surface area contributed by atoms with Crippen molar-refractivity contribution in [1.82, 2.24) is 47.0 Å². The number of nitrogens with one attached hydrogen (secondary N) is 8. The molecule has 7 rings (SSSR count). The maximum absolute atomic E-state index is 14.9. The van der Waals surface area contributed by atoms with Gasteiger partial charge in [0.15, 0.2) is 0 Å². The van der Waals surface area contributed by atoms with E-state index in [1.54, 1.807) is 32.8 Å². The molecule has 400 valence electrons. The molecule has 8 N–H and O–H groups in total. The normalized spacial score (nSPS) is 22.1. The number of carbonyl (C=O) groups excluding carboxylic acids is 7. The van der Waals surface area contributed by atoms with Gasteiger partial charge in [-0.05, 0) is 129 Å². The molecule has 17 nitrogen and oxygen atoms in total. The Kier molecular flexibility index (Phi) is 17.6. The molecule has 1 saturated heterocycles. The van der Waals surface area contributed by atoms with Gasteiger partial charge in [-0.25, -0.2) is 0 Å². The van der Waals surface area contributed by atoms with Gasteiger partial charge < -0.3 is 52.3 Å². The van der Waals surface area contributed by atoms with Crippen molar-refractivity contribution in [3.8, 4) is 0 Å². The van der Waals surface area contributed by atoms with Crippen molar-refractivity contribution < 1.29 is 33.6 Å². The summed E-state index contributed by atoms with van der Waals surface area (Å²) in [5.74, 6) is -2.39. The average molecular weight is 1020 g/mol. The third-order valence-electron chi connectivity index (χ3n) is 15.5. The van der Waals surface area contributed by atoms with E-state index >= 15 is 0 Å². The molecule has 2 heterocycles. The summed E-state index contributed by atoms with van der Waals surface area (Å²) in [6, 6.07) is 16.1. The Morgan fingerprint density at radius 3 is 1.62 bits per heavy atom. The number of hydrogen-bond acceptors (Lipinski definition) is 10. The number of aryl methyl sites for hydroxylation is 2. The van der Waals surface area contributed by atoms with Gasteiger partial charge in [0, 0.05) is 31.2 Å². The number of likely N-dealkylation sites (tertiary alicyclic amines) is 1. The number of fused-ring (bicyclic) bond motifs is 3. The van der Waals surface area contributed by atoms with E-state index in [0.29, 0.717) is 5.69 Å². The second-order valence-corrected chi connectivity index (χ2v) is 23.0. The van der Waals surface area contributed by atoms with E-state index in [9.17, 15) is 33.6 Å². The van der Waals surface area contributed by atoms with Crippen LogP contribution in [-0.2, 0) is 59.4 Å². The Morgan fingerprint density at radius 1 is 0.608 bits per heavy atom. The molecule has 0 bridgehead atoms. The van der Waals surface area contributed by atoms with Crippen LogP contribution >= 0.6 is 0 Å². The van der Waals surface area contributed by atoms with Gasteiger partial charge in [-0.15, -0.1) is 0 Å². The first-order valence-electron chi connectivity index (χ1n) is 26.6. The molecule has 17 heteroatoms. The molecule has 2 unspecified atom stereocenters. The predicted octanol–water partition coefficient (Wildman–Crippen LogP) is 4.10. The molecule has 74 heavy (non-hydrogen) atoms. The summed E-state index contributed by atoms with van der Waals surface area (Å²) in [5.41, 5.74) is 5.41. The zero-order valence-electron chi connectivity index (χ0n) is 45.1. The summed E-state index contributed by atoms with van der Waals surface area (Å²) >= 11 is 0. The number of nitrogens with zero attached hydrogens (tertiary/aromatic N) is 2. The summed E-state index contributed by atoms with van der Waals surface area (Å²) in [4.78, 5) is 102. The summed E-state index contributed by atoms with van der Waals surface area (Å²) in [6.45, 7) is 14.7. The number of carbonyl (C=O) groups is 7. The Balaban J connectivity index is 1.08. The molecule has 0 radical (unpaired) electrons. The summed E-state index contributed by atoms with van der Waals surface area (Å²) in [6.07, 6.45) is 5.64. The zero-order valence-corrected chi connectivity index (χ0v) is 45.1. The Labute approximate surface area is 437 Å². The van der Waals surface area contributed by atoms with Crippen LogP contribution in [0.5, 0.6) is 0 Å². The highest BCUT2D eigenvalue weighted by Crippen LogP contribution is 2.35. The molecule has 4 aliphatic rings. The van der Waals surface area contributed by atoms with Gasteiger partial charge in [0.25, 0.3) is 0 Å². The maximum atomic E-state index is 14.9. The zero-order chi connectivity index (χ0) is 53.6. The molecule has 2 aliphatic carbocycles. The highest BCUT2D eigenvalue weighted by atomic mass is 16.2. The number of rotatable bonds is 16. The lowest BCUT2D eigenvalue weighted by Crippen LogP contribution is -2.62. The van der Waals surface area contributed by atoms with E-state index in [2.05, 4.69) is 60.7 Å². The van der Waals surface area contributed by atoms with Gasteiger partial charge in [0.2, 0.25) is 41.4 Å². The predicted molar refractivity (Wildman–Crippen MR) is 285 cm³/mol. The molecule has 0 spiro atoms. The minimum atomic E-state index is -0.956. The molecule has 0 aromatic heterocycles. The second kappa shape index (κ2) is 23.5. The van der Waals surface area contributed by atoms with Crippen LogP contribution in [0.1, 0.15) is 133 Å². The molecule has 3 aromatic carbocycles. The number of benzene rings is 3. The van der Waals surface area contributed by atoms with Crippen LogP contribution in [-0.4, -0.2) is 121 Å². The van der Waals surface area contributed by atoms with E-state index in [1.807, 2.05) is 90.1 Å². The first kappa shape index (κ1) is 55.4. The second-order valence-electron chi connectivity index (χ2n) is 23.0. The Morgan fingerprint density at radius 2 is 1.11 bits per heavy atom. The molecule has 3 aromatic rings. The van der Waals surface area contributed by atoms with Crippen LogP contribution in [0, 0.1) is 10.8 Å². The first-order valence-corrected chi connectivity index (χ1v) is 26.6. The lowest BCUT2D eigenvalue weighted by Gasteiger charge is -2.42. The number of amides is 7. The molecule has 1 fully saturated rings. The summed E-state index contributed by atoms with van der Waals surface area (Å²) < 4.78 is 0. The lowest BCUT2D eigenvalue weighted by molar-refractivity contribution is -0.147. The lowest BCUT2D eigenvalue weighted by atomic mass is 9.83. The fourth-order valence-corrected chi connectivity index (χ4v) is 10.8. The van der Waals surface area contributed by atoms with Crippen molar-refractivity contribution >= 4 is 47.0 Å². The van der Waals surface area contributed by atoms with Crippen LogP contribution in [0.25, 0.3) is 0 Å². The van der Waals surface area contributed by atoms with Crippen molar-refractivity contribution in [1.29, 1.82) is 0 Å². The molecular weight excluding hydrogens is 937 g/mol. The van der Waals surface area contributed by atoms with Gasteiger partial charge in [-0.3, -0.25) is 33.6 Å².